The fraction of sp³-hybridized carbons (Fsp3) is 0.417. The lowest BCUT2D eigenvalue weighted by molar-refractivity contribution is -0.130. The second-order valence-electron chi connectivity index (χ2n) is 3.81. The van der Waals surface area contributed by atoms with E-state index in [1.165, 1.54) is 0 Å². The number of thioether (sulfide) groups is 1. The van der Waals surface area contributed by atoms with E-state index in [0.717, 1.165) is 17.9 Å². The van der Waals surface area contributed by atoms with Crippen molar-refractivity contribution in [3.63, 3.8) is 0 Å². The number of hydrogen-bond donors (Lipinski definition) is 0. The molecule has 1 unspecified atom stereocenters. The zero-order valence-corrected chi connectivity index (χ0v) is 11.8. The molecule has 0 saturated carbocycles. The van der Waals surface area contributed by atoms with Gasteiger partial charge < -0.3 is 4.90 Å². The van der Waals surface area contributed by atoms with Gasteiger partial charge in [-0.1, -0.05) is 42.3 Å². The Morgan fingerprint density at radius 3 is 3.00 bits per heavy atom. The van der Waals surface area contributed by atoms with Gasteiger partial charge in [0, 0.05) is 24.3 Å². The minimum Gasteiger partial charge on any atom is -0.326 e. The molecule has 1 heterocycles. The van der Waals surface area contributed by atoms with Crippen molar-refractivity contribution in [2.24, 2.45) is 0 Å². The second-order valence-corrected chi connectivity index (χ2v) is 5.78. The minimum atomic E-state index is 0.00801. The lowest BCUT2D eigenvalue weighted by Crippen LogP contribution is -2.29. The van der Waals surface area contributed by atoms with Crippen LogP contribution in [-0.2, 0) is 4.79 Å². The summed E-state index contributed by atoms with van der Waals surface area (Å²) < 4.78 is 0. The van der Waals surface area contributed by atoms with Crippen LogP contribution in [0.4, 0.5) is 0 Å². The maximum atomic E-state index is 11.8. The third-order valence-electron chi connectivity index (χ3n) is 2.76. The quantitative estimate of drug-likeness (QED) is 0.821. The van der Waals surface area contributed by atoms with Gasteiger partial charge in [-0.15, -0.1) is 11.8 Å². The van der Waals surface area contributed by atoms with Gasteiger partial charge in [0.1, 0.15) is 5.37 Å². The number of carbonyl (C=O) groups excluding carboxylic acids is 1. The van der Waals surface area contributed by atoms with Crippen molar-refractivity contribution >= 4 is 40.9 Å². The molecule has 92 valence electrons. The van der Waals surface area contributed by atoms with Crippen LogP contribution in [0.25, 0.3) is 0 Å². The first-order valence-electron chi connectivity index (χ1n) is 5.50. The van der Waals surface area contributed by atoms with Crippen molar-refractivity contribution < 1.29 is 4.79 Å². The van der Waals surface area contributed by atoms with E-state index in [-0.39, 0.29) is 11.3 Å². The smallest absolute Gasteiger partial charge is 0.223 e. The van der Waals surface area contributed by atoms with E-state index in [9.17, 15) is 4.79 Å². The van der Waals surface area contributed by atoms with E-state index >= 15 is 0 Å². The third kappa shape index (κ3) is 2.56. The molecule has 0 radical (unpaired) electrons. The lowest BCUT2D eigenvalue weighted by atomic mass is 10.2. The van der Waals surface area contributed by atoms with Crippen LogP contribution < -0.4 is 0 Å². The Balaban J connectivity index is 2.32. The van der Waals surface area contributed by atoms with E-state index in [0.29, 0.717) is 16.5 Å². The van der Waals surface area contributed by atoms with Gasteiger partial charge in [0.25, 0.3) is 0 Å². The Kier molecular flexibility index (Phi) is 4.23. The van der Waals surface area contributed by atoms with E-state index in [1.807, 2.05) is 24.0 Å². The van der Waals surface area contributed by atoms with Crippen molar-refractivity contribution in [3.05, 3.63) is 33.8 Å². The summed E-state index contributed by atoms with van der Waals surface area (Å²) in [4.78, 5) is 13.7. The molecule has 2 rings (SSSR count). The van der Waals surface area contributed by atoms with Gasteiger partial charge in [-0.05, 0) is 6.07 Å². The summed E-state index contributed by atoms with van der Waals surface area (Å²) in [5.74, 6) is 1.11. The molecule has 0 aromatic heterocycles. The number of carbonyl (C=O) groups is 1. The predicted molar refractivity (Wildman–Crippen MR) is 73.7 cm³/mol. The summed E-state index contributed by atoms with van der Waals surface area (Å²) in [6.45, 7) is 2.66. The zero-order valence-electron chi connectivity index (χ0n) is 9.45. The number of hydrogen-bond acceptors (Lipinski definition) is 2. The molecule has 1 aromatic rings. The predicted octanol–water partition coefficient (Wildman–Crippen LogP) is 3.98. The maximum Gasteiger partial charge on any atom is 0.223 e. The van der Waals surface area contributed by atoms with E-state index in [1.54, 1.807) is 17.8 Å². The fourth-order valence-corrected chi connectivity index (χ4v) is 3.68. The summed E-state index contributed by atoms with van der Waals surface area (Å²) in [6.07, 6.45) is 0.523. The first kappa shape index (κ1) is 13.1. The molecular weight excluding hydrogens is 277 g/mol. The van der Waals surface area contributed by atoms with Gasteiger partial charge in [0.05, 0.1) is 10.0 Å². The molecule has 1 aliphatic heterocycles. The molecule has 0 aliphatic carbocycles. The Morgan fingerprint density at radius 2 is 2.29 bits per heavy atom. The van der Waals surface area contributed by atoms with Crippen LogP contribution in [0.1, 0.15) is 24.3 Å². The highest BCUT2D eigenvalue weighted by atomic mass is 35.5. The van der Waals surface area contributed by atoms with Gasteiger partial charge in [0.2, 0.25) is 5.91 Å². The lowest BCUT2D eigenvalue weighted by Gasteiger charge is -2.24. The molecule has 0 bridgehead atoms. The van der Waals surface area contributed by atoms with E-state index in [2.05, 4.69) is 0 Å². The molecule has 1 aromatic carbocycles. The van der Waals surface area contributed by atoms with Crippen LogP contribution >= 0.6 is 35.0 Å². The average molecular weight is 290 g/mol. The largest absolute Gasteiger partial charge is 0.326 e. The average Bonchev–Trinajstić information content (AvgIpc) is 2.80. The molecule has 1 aliphatic rings. The number of benzene rings is 1. The van der Waals surface area contributed by atoms with Crippen LogP contribution in [0.2, 0.25) is 10.0 Å². The highest BCUT2D eigenvalue weighted by Crippen LogP contribution is 2.42. The second kappa shape index (κ2) is 5.51. The maximum absolute atomic E-state index is 11.8. The van der Waals surface area contributed by atoms with Gasteiger partial charge >= 0.3 is 0 Å². The molecular formula is C12H13Cl2NOS. The Morgan fingerprint density at radius 1 is 1.53 bits per heavy atom. The Labute approximate surface area is 115 Å². The molecule has 5 heteroatoms. The number of amides is 1. The Hall–Kier alpha value is -0.380. The third-order valence-corrected chi connectivity index (χ3v) is 4.84. The SMILES string of the molecule is CCC(=O)N1CCSC1c1cccc(Cl)c1Cl. The first-order valence-corrected chi connectivity index (χ1v) is 7.30. The molecule has 1 atom stereocenters. The molecule has 0 spiro atoms. The van der Waals surface area contributed by atoms with Crippen molar-refractivity contribution in [1.29, 1.82) is 0 Å². The summed E-state index contributed by atoms with van der Waals surface area (Å²) >= 11 is 13.9. The van der Waals surface area contributed by atoms with Gasteiger partial charge in [-0.2, -0.15) is 0 Å². The van der Waals surface area contributed by atoms with Gasteiger partial charge in [-0.25, -0.2) is 0 Å². The number of rotatable bonds is 2. The molecule has 1 amide bonds. The normalized spacial score (nSPS) is 19.7. The van der Waals surface area contributed by atoms with Crippen molar-refractivity contribution in [1.82, 2.24) is 4.90 Å². The molecule has 1 fully saturated rings. The molecule has 1 saturated heterocycles. The molecule has 0 N–H and O–H groups in total. The summed E-state index contributed by atoms with van der Waals surface area (Å²) in [5, 5.41) is 1.11. The van der Waals surface area contributed by atoms with Crippen LogP contribution in [-0.4, -0.2) is 23.1 Å². The highest BCUT2D eigenvalue weighted by molar-refractivity contribution is 7.99. The zero-order chi connectivity index (χ0) is 12.4. The Bertz CT molecular complexity index is 439. The van der Waals surface area contributed by atoms with Gasteiger partial charge in [0.15, 0.2) is 0 Å². The number of nitrogens with zero attached hydrogens (tertiary/aromatic N) is 1. The fourth-order valence-electron chi connectivity index (χ4n) is 1.90. The summed E-state index contributed by atoms with van der Waals surface area (Å²) in [5.41, 5.74) is 0.934. The van der Waals surface area contributed by atoms with Gasteiger partial charge in [-0.3, -0.25) is 4.79 Å². The minimum absolute atomic E-state index is 0.00801. The standard InChI is InChI=1S/C12H13Cl2NOS/c1-2-10(16)15-6-7-17-12(15)8-4-3-5-9(13)11(8)14/h3-5,12H,2,6-7H2,1H3. The van der Waals surface area contributed by atoms with Crippen LogP contribution in [0, 0.1) is 0 Å². The first-order chi connectivity index (χ1) is 8.15. The summed E-state index contributed by atoms with van der Waals surface area (Å²) in [7, 11) is 0. The van der Waals surface area contributed by atoms with Crippen molar-refractivity contribution in [2.45, 2.75) is 18.7 Å². The molecule has 17 heavy (non-hydrogen) atoms. The van der Waals surface area contributed by atoms with E-state index in [4.69, 9.17) is 23.2 Å². The van der Waals surface area contributed by atoms with E-state index < -0.39 is 0 Å². The van der Waals surface area contributed by atoms with Crippen LogP contribution in [0.15, 0.2) is 18.2 Å². The highest BCUT2D eigenvalue weighted by Gasteiger charge is 2.31. The van der Waals surface area contributed by atoms with Crippen molar-refractivity contribution in [2.75, 3.05) is 12.3 Å². The molecule has 2 nitrogen and oxygen atoms in total. The monoisotopic (exact) mass is 289 g/mol. The van der Waals surface area contributed by atoms with Crippen LogP contribution in [0.3, 0.4) is 0 Å². The summed E-state index contributed by atoms with van der Waals surface area (Å²) in [6, 6.07) is 5.57. The van der Waals surface area contributed by atoms with Crippen LogP contribution in [0.5, 0.6) is 0 Å². The number of halogens is 2. The van der Waals surface area contributed by atoms with Crippen molar-refractivity contribution in [3.8, 4) is 0 Å². The topological polar surface area (TPSA) is 20.3 Å².